The number of carbonyl (C=O) groups is 1. The summed E-state index contributed by atoms with van der Waals surface area (Å²) in [5, 5.41) is 0. The minimum absolute atomic E-state index is 0.0238. The number of amides is 1. The Morgan fingerprint density at radius 1 is 1.07 bits per heavy atom. The van der Waals surface area contributed by atoms with Crippen LogP contribution in [0.4, 0.5) is 0 Å². The van der Waals surface area contributed by atoms with Crippen molar-refractivity contribution in [3.8, 4) is 0 Å². The van der Waals surface area contributed by atoms with Gasteiger partial charge in [0.15, 0.2) is 0 Å². The van der Waals surface area contributed by atoms with Crippen molar-refractivity contribution in [3.63, 3.8) is 0 Å². The Kier molecular flexibility index (Phi) is 8.24. The zero-order chi connectivity index (χ0) is 21.6. The van der Waals surface area contributed by atoms with Crippen molar-refractivity contribution in [3.05, 3.63) is 29.8 Å². The van der Waals surface area contributed by atoms with Crippen molar-refractivity contribution in [1.82, 2.24) is 19.4 Å². The fraction of sp³-hybridized carbons (Fsp3) is 0.667. The largest absolute Gasteiger partial charge is 0.383 e. The molecular weight excluding hydrogens is 404 g/mol. The molecule has 1 aromatic carbocycles. The fourth-order valence-electron chi connectivity index (χ4n) is 4.03. The standard InChI is InChI=1S/C21H34N4O4S/c1-23-12-14-24(15-13-23)17-18-7-10-25(11-8-18)21(26)19-3-5-20(6-4-19)30(27,28)22-9-16-29-2/h3-6,18,22H,7-17H2,1-2H3. The molecule has 0 spiro atoms. The van der Waals surface area contributed by atoms with Crippen LogP contribution in [-0.2, 0) is 14.8 Å². The molecule has 9 heteroatoms. The number of hydrogen-bond donors (Lipinski definition) is 1. The van der Waals surface area contributed by atoms with Gasteiger partial charge in [0.2, 0.25) is 10.0 Å². The van der Waals surface area contributed by atoms with Crippen molar-refractivity contribution >= 4 is 15.9 Å². The highest BCUT2D eigenvalue weighted by atomic mass is 32.2. The number of likely N-dealkylation sites (tertiary alicyclic amines) is 1. The first-order chi connectivity index (χ1) is 14.4. The molecule has 2 fully saturated rings. The van der Waals surface area contributed by atoms with Crippen LogP contribution in [0.1, 0.15) is 23.2 Å². The van der Waals surface area contributed by atoms with Crippen molar-refractivity contribution < 1.29 is 17.9 Å². The van der Waals surface area contributed by atoms with Crippen molar-refractivity contribution in [1.29, 1.82) is 0 Å². The summed E-state index contributed by atoms with van der Waals surface area (Å²) in [5.74, 6) is 0.618. The Labute approximate surface area is 180 Å². The number of nitrogens with zero attached hydrogens (tertiary/aromatic N) is 3. The molecule has 3 rings (SSSR count). The maximum absolute atomic E-state index is 12.8. The summed E-state index contributed by atoms with van der Waals surface area (Å²) in [4.78, 5) is 19.8. The number of methoxy groups -OCH3 is 1. The van der Waals surface area contributed by atoms with E-state index in [-0.39, 0.29) is 17.3 Å². The van der Waals surface area contributed by atoms with E-state index < -0.39 is 10.0 Å². The molecule has 0 unspecified atom stereocenters. The van der Waals surface area contributed by atoms with Crippen molar-refractivity contribution in [2.75, 3.05) is 73.1 Å². The van der Waals surface area contributed by atoms with Gasteiger partial charge in [-0.3, -0.25) is 4.79 Å². The summed E-state index contributed by atoms with van der Waals surface area (Å²) in [6, 6.07) is 6.18. The number of likely N-dealkylation sites (N-methyl/N-ethyl adjacent to an activating group) is 1. The minimum Gasteiger partial charge on any atom is -0.383 e. The lowest BCUT2D eigenvalue weighted by Crippen LogP contribution is -2.48. The number of ether oxygens (including phenoxy) is 1. The first-order valence-corrected chi connectivity index (χ1v) is 12.2. The molecule has 2 heterocycles. The highest BCUT2D eigenvalue weighted by molar-refractivity contribution is 7.89. The number of piperidine rings is 1. The number of piperazine rings is 1. The van der Waals surface area contributed by atoms with E-state index in [4.69, 9.17) is 4.74 Å². The predicted octanol–water partition coefficient (Wildman–Crippen LogP) is 0.711. The van der Waals surface area contributed by atoms with Crippen LogP contribution >= 0.6 is 0 Å². The summed E-state index contributed by atoms with van der Waals surface area (Å²) in [7, 11) is 0.0984. The van der Waals surface area contributed by atoms with E-state index in [0.29, 0.717) is 18.1 Å². The molecule has 0 aromatic heterocycles. The van der Waals surface area contributed by atoms with Crippen LogP contribution in [-0.4, -0.2) is 102 Å². The third kappa shape index (κ3) is 6.24. The second kappa shape index (κ2) is 10.7. The first kappa shape index (κ1) is 23.1. The van der Waals surface area contributed by atoms with Crippen LogP contribution in [0.25, 0.3) is 0 Å². The molecule has 0 radical (unpaired) electrons. The number of sulfonamides is 1. The summed E-state index contributed by atoms with van der Waals surface area (Å²) in [6.45, 7) is 7.68. The average molecular weight is 439 g/mol. The lowest BCUT2D eigenvalue weighted by molar-refractivity contribution is 0.0643. The van der Waals surface area contributed by atoms with Gasteiger partial charge in [0, 0.05) is 65.0 Å². The normalized spacial score (nSPS) is 19.9. The summed E-state index contributed by atoms with van der Waals surface area (Å²) in [6.07, 6.45) is 2.04. The van der Waals surface area contributed by atoms with E-state index >= 15 is 0 Å². The van der Waals surface area contributed by atoms with Gasteiger partial charge in [-0.2, -0.15) is 0 Å². The van der Waals surface area contributed by atoms with Crippen molar-refractivity contribution in [2.45, 2.75) is 17.7 Å². The Bertz CT molecular complexity index is 784. The van der Waals surface area contributed by atoms with Gasteiger partial charge in [0.1, 0.15) is 0 Å². The molecule has 8 nitrogen and oxygen atoms in total. The van der Waals surface area contributed by atoms with E-state index in [1.54, 1.807) is 12.1 Å². The van der Waals surface area contributed by atoms with Gasteiger partial charge >= 0.3 is 0 Å². The van der Waals surface area contributed by atoms with Crippen LogP contribution in [0.5, 0.6) is 0 Å². The molecule has 168 valence electrons. The van der Waals surface area contributed by atoms with E-state index in [0.717, 1.165) is 58.7 Å². The summed E-state index contributed by atoms with van der Waals surface area (Å²) in [5.41, 5.74) is 0.531. The van der Waals surface area contributed by atoms with Gasteiger partial charge in [0.05, 0.1) is 11.5 Å². The number of rotatable bonds is 8. The molecule has 0 bridgehead atoms. The SMILES string of the molecule is COCCNS(=O)(=O)c1ccc(C(=O)N2CCC(CN3CCN(C)CC3)CC2)cc1. The number of hydrogen-bond acceptors (Lipinski definition) is 6. The number of nitrogens with one attached hydrogen (secondary N) is 1. The molecular formula is C21H34N4O4S. The molecule has 0 aliphatic carbocycles. The Balaban J connectivity index is 1.49. The van der Waals surface area contributed by atoms with Gasteiger partial charge in [-0.05, 0) is 50.1 Å². The lowest BCUT2D eigenvalue weighted by Gasteiger charge is -2.38. The molecule has 2 aliphatic heterocycles. The smallest absolute Gasteiger partial charge is 0.253 e. The molecule has 1 N–H and O–H groups in total. The Morgan fingerprint density at radius 2 is 1.70 bits per heavy atom. The second-order valence-corrected chi connectivity index (χ2v) is 10.0. The van der Waals surface area contributed by atoms with E-state index in [1.807, 2.05) is 4.90 Å². The van der Waals surface area contributed by atoms with Gasteiger partial charge in [-0.25, -0.2) is 13.1 Å². The van der Waals surface area contributed by atoms with Crippen LogP contribution in [0.3, 0.4) is 0 Å². The fourth-order valence-corrected chi connectivity index (χ4v) is 5.05. The van der Waals surface area contributed by atoms with Crippen LogP contribution in [0.2, 0.25) is 0 Å². The zero-order valence-electron chi connectivity index (χ0n) is 18.0. The third-order valence-electron chi connectivity index (χ3n) is 6.02. The highest BCUT2D eigenvalue weighted by Gasteiger charge is 2.26. The maximum atomic E-state index is 12.8. The zero-order valence-corrected chi connectivity index (χ0v) is 18.9. The molecule has 2 saturated heterocycles. The molecule has 0 saturated carbocycles. The number of benzene rings is 1. The minimum atomic E-state index is -3.59. The topological polar surface area (TPSA) is 82.2 Å². The maximum Gasteiger partial charge on any atom is 0.253 e. The van der Waals surface area contributed by atoms with Gasteiger partial charge in [-0.15, -0.1) is 0 Å². The van der Waals surface area contributed by atoms with Gasteiger partial charge < -0.3 is 19.4 Å². The van der Waals surface area contributed by atoms with Gasteiger partial charge in [0.25, 0.3) is 5.91 Å². The van der Waals surface area contributed by atoms with Crippen molar-refractivity contribution in [2.24, 2.45) is 5.92 Å². The molecule has 0 atom stereocenters. The molecule has 1 aromatic rings. The molecule has 1 amide bonds. The van der Waals surface area contributed by atoms with Gasteiger partial charge in [-0.1, -0.05) is 0 Å². The van der Waals surface area contributed by atoms with Crippen LogP contribution in [0, 0.1) is 5.92 Å². The Morgan fingerprint density at radius 3 is 2.30 bits per heavy atom. The van der Waals surface area contributed by atoms with Crippen LogP contribution < -0.4 is 4.72 Å². The van der Waals surface area contributed by atoms with Crippen LogP contribution in [0.15, 0.2) is 29.2 Å². The predicted molar refractivity (Wildman–Crippen MR) is 116 cm³/mol. The first-order valence-electron chi connectivity index (χ1n) is 10.7. The summed E-state index contributed by atoms with van der Waals surface area (Å²) < 4.78 is 31.8. The van der Waals surface area contributed by atoms with E-state index in [2.05, 4.69) is 21.6 Å². The van der Waals surface area contributed by atoms with E-state index in [9.17, 15) is 13.2 Å². The monoisotopic (exact) mass is 438 g/mol. The average Bonchev–Trinajstić information content (AvgIpc) is 2.76. The highest BCUT2D eigenvalue weighted by Crippen LogP contribution is 2.21. The van der Waals surface area contributed by atoms with E-state index in [1.165, 1.54) is 19.2 Å². The number of carbonyl (C=O) groups excluding carboxylic acids is 1. The quantitative estimate of drug-likeness (QED) is 0.602. The molecule has 2 aliphatic rings. The third-order valence-corrected chi connectivity index (χ3v) is 7.50. The second-order valence-electron chi connectivity index (χ2n) is 8.25. The molecule has 30 heavy (non-hydrogen) atoms. The summed E-state index contributed by atoms with van der Waals surface area (Å²) >= 11 is 0. The Hall–Kier alpha value is -1.52. The lowest BCUT2D eigenvalue weighted by atomic mass is 9.95.